The van der Waals surface area contributed by atoms with Crippen LogP contribution in [0.5, 0.6) is 0 Å². The molecule has 0 saturated carbocycles. The summed E-state index contributed by atoms with van der Waals surface area (Å²) in [7, 11) is 0. The van der Waals surface area contributed by atoms with Crippen molar-refractivity contribution < 1.29 is 4.79 Å². The number of nitrogen functional groups attached to an aromatic ring is 1. The molecule has 0 unspecified atom stereocenters. The predicted molar refractivity (Wildman–Crippen MR) is 86.4 cm³/mol. The Hall–Kier alpha value is -0.980. The monoisotopic (exact) mass is 310 g/mol. The van der Waals surface area contributed by atoms with Crippen molar-refractivity contribution in [2.75, 3.05) is 19.6 Å². The van der Waals surface area contributed by atoms with Crippen molar-refractivity contribution in [3.05, 3.63) is 15.6 Å². The number of hydrogen-bond donors (Lipinski definition) is 2. The maximum Gasteiger partial charge on any atom is 0.277 e. The van der Waals surface area contributed by atoms with E-state index in [9.17, 15) is 4.79 Å². The Morgan fingerprint density at radius 3 is 2.71 bits per heavy atom. The first-order valence-corrected chi connectivity index (χ1v) is 8.55. The Morgan fingerprint density at radius 1 is 1.48 bits per heavy atom. The van der Waals surface area contributed by atoms with E-state index in [0.717, 1.165) is 29.6 Å². The number of carbonyl (C=O) groups is 1. The first-order valence-electron chi connectivity index (χ1n) is 7.74. The number of nitrogens with one attached hydrogen (secondary N) is 1. The van der Waals surface area contributed by atoms with Crippen LogP contribution in [0.1, 0.15) is 59.9 Å². The summed E-state index contributed by atoms with van der Waals surface area (Å²) in [5.74, 6) is 6.12. The van der Waals surface area contributed by atoms with Crippen LogP contribution in [0.3, 0.4) is 0 Å². The third-order valence-corrected chi connectivity index (χ3v) is 5.23. The number of nitrogens with two attached hydrogens (primary N) is 1. The highest BCUT2D eigenvalue weighted by Crippen LogP contribution is 2.26. The molecule has 0 bridgehead atoms. The molecule has 2 heterocycles. The van der Waals surface area contributed by atoms with E-state index in [1.54, 1.807) is 0 Å². The molecule has 2 rings (SSSR count). The minimum Gasteiger partial charge on any atom is -0.303 e. The van der Waals surface area contributed by atoms with E-state index in [2.05, 4.69) is 36.1 Å². The quantitative estimate of drug-likeness (QED) is 0.496. The second-order valence-electron chi connectivity index (χ2n) is 6.22. The third-order valence-electron chi connectivity index (χ3n) is 4.10. The minimum atomic E-state index is -0.228. The van der Waals surface area contributed by atoms with Crippen molar-refractivity contribution in [2.45, 2.75) is 46.0 Å². The summed E-state index contributed by atoms with van der Waals surface area (Å²) >= 11 is 1.48. The number of amides is 1. The molecule has 1 amide bonds. The van der Waals surface area contributed by atoms with Crippen molar-refractivity contribution in [3.8, 4) is 0 Å². The van der Waals surface area contributed by atoms with Crippen LogP contribution in [0.2, 0.25) is 0 Å². The summed E-state index contributed by atoms with van der Waals surface area (Å²) in [5.41, 5.74) is 3.09. The van der Waals surface area contributed by atoms with Crippen LogP contribution in [0.25, 0.3) is 0 Å². The lowest BCUT2D eigenvalue weighted by molar-refractivity contribution is 0.0956. The summed E-state index contributed by atoms with van der Waals surface area (Å²) in [6.07, 6.45) is 3.49. The molecule has 1 aliphatic heterocycles. The highest BCUT2D eigenvalue weighted by Gasteiger charge is 2.21. The SMILES string of the molecule is CC1CCN(CCc2nc(C(C)C)c(C(=O)NN)s2)CC1. The number of rotatable bonds is 5. The molecule has 6 heteroatoms. The van der Waals surface area contributed by atoms with Crippen LogP contribution in [0.4, 0.5) is 0 Å². The molecule has 1 aromatic heterocycles. The molecule has 3 N–H and O–H groups in total. The lowest BCUT2D eigenvalue weighted by atomic mass is 9.99. The maximum absolute atomic E-state index is 11.8. The first kappa shape index (κ1) is 16.4. The van der Waals surface area contributed by atoms with Gasteiger partial charge in [-0.25, -0.2) is 10.8 Å². The topological polar surface area (TPSA) is 71.2 Å². The van der Waals surface area contributed by atoms with Crippen molar-refractivity contribution in [2.24, 2.45) is 11.8 Å². The fourth-order valence-electron chi connectivity index (χ4n) is 2.64. The van der Waals surface area contributed by atoms with Gasteiger partial charge in [-0.15, -0.1) is 11.3 Å². The van der Waals surface area contributed by atoms with E-state index < -0.39 is 0 Å². The standard InChI is InChI=1S/C15H26N4OS/c1-10(2)13-14(15(20)18-16)21-12(17-13)6-9-19-7-4-11(3)5-8-19/h10-11H,4-9,16H2,1-3H3,(H,18,20). The largest absolute Gasteiger partial charge is 0.303 e. The molecule has 0 radical (unpaired) electrons. The average Bonchev–Trinajstić information content (AvgIpc) is 2.90. The molecule has 1 saturated heterocycles. The first-order chi connectivity index (χ1) is 10.0. The van der Waals surface area contributed by atoms with Crippen LogP contribution in [0, 0.1) is 5.92 Å². The molecule has 1 fully saturated rings. The number of hydrogen-bond acceptors (Lipinski definition) is 5. The number of carbonyl (C=O) groups excluding carboxylic acids is 1. The average molecular weight is 310 g/mol. The normalized spacial score (nSPS) is 17.4. The summed E-state index contributed by atoms with van der Waals surface area (Å²) in [4.78, 5) is 19.6. The van der Waals surface area contributed by atoms with Gasteiger partial charge in [-0.2, -0.15) is 0 Å². The van der Waals surface area contributed by atoms with E-state index >= 15 is 0 Å². The van der Waals surface area contributed by atoms with Gasteiger partial charge in [0.2, 0.25) is 0 Å². The second-order valence-corrected chi connectivity index (χ2v) is 7.31. The van der Waals surface area contributed by atoms with Crippen molar-refractivity contribution in [3.63, 3.8) is 0 Å². The lowest BCUT2D eigenvalue weighted by Gasteiger charge is -2.29. The maximum atomic E-state index is 11.8. The van der Waals surface area contributed by atoms with Crippen LogP contribution in [-0.2, 0) is 6.42 Å². The molecule has 0 aromatic carbocycles. The van der Waals surface area contributed by atoms with Gasteiger partial charge in [-0.05, 0) is 37.8 Å². The molecule has 21 heavy (non-hydrogen) atoms. The van der Waals surface area contributed by atoms with Gasteiger partial charge in [0.15, 0.2) is 0 Å². The smallest absolute Gasteiger partial charge is 0.277 e. The number of thiazole rings is 1. The van der Waals surface area contributed by atoms with Gasteiger partial charge in [0.05, 0.1) is 10.7 Å². The molecular formula is C15H26N4OS. The molecule has 1 aromatic rings. The van der Waals surface area contributed by atoms with Gasteiger partial charge in [-0.1, -0.05) is 20.8 Å². The van der Waals surface area contributed by atoms with E-state index in [-0.39, 0.29) is 11.8 Å². The van der Waals surface area contributed by atoms with Crippen molar-refractivity contribution in [1.82, 2.24) is 15.3 Å². The van der Waals surface area contributed by atoms with Gasteiger partial charge in [0.1, 0.15) is 4.88 Å². The second kappa shape index (κ2) is 7.33. The Morgan fingerprint density at radius 2 is 2.14 bits per heavy atom. The fraction of sp³-hybridized carbons (Fsp3) is 0.733. The number of hydrazine groups is 1. The molecule has 0 atom stereocenters. The lowest BCUT2D eigenvalue weighted by Crippen LogP contribution is -2.34. The highest BCUT2D eigenvalue weighted by atomic mass is 32.1. The Balaban J connectivity index is 1.98. The van der Waals surface area contributed by atoms with Gasteiger partial charge in [0.25, 0.3) is 5.91 Å². The zero-order chi connectivity index (χ0) is 15.4. The van der Waals surface area contributed by atoms with E-state index in [0.29, 0.717) is 4.88 Å². The molecule has 1 aliphatic rings. The summed E-state index contributed by atoms with van der Waals surface area (Å²) < 4.78 is 0. The van der Waals surface area contributed by atoms with E-state index in [1.165, 1.54) is 37.3 Å². The van der Waals surface area contributed by atoms with Crippen molar-refractivity contribution in [1.29, 1.82) is 0 Å². The van der Waals surface area contributed by atoms with Crippen LogP contribution < -0.4 is 11.3 Å². The molecule has 0 aliphatic carbocycles. The van der Waals surface area contributed by atoms with Crippen LogP contribution >= 0.6 is 11.3 Å². The predicted octanol–water partition coefficient (Wildman–Crippen LogP) is 2.14. The summed E-state index contributed by atoms with van der Waals surface area (Å²) in [6, 6.07) is 0. The Kier molecular flexibility index (Phi) is 5.72. The van der Waals surface area contributed by atoms with Gasteiger partial charge in [0, 0.05) is 13.0 Å². The molecular weight excluding hydrogens is 284 g/mol. The molecule has 0 spiro atoms. The Labute approximate surface area is 130 Å². The summed E-state index contributed by atoms with van der Waals surface area (Å²) in [6.45, 7) is 9.82. The van der Waals surface area contributed by atoms with Crippen LogP contribution in [0.15, 0.2) is 0 Å². The number of aromatic nitrogens is 1. The minimum absolute atomic E-state index is 0.228. The van der Waals surface area contributed by atoms with Gasteiger partial charge >= 0.3 is 0 Å². The molecule has 5 nitrogen and oxygen atoms in total. The van der Waals surface area contributed by atoms with E-state index in [1.807, 2.05) is 0 Å². The van der Waals surface area contributed by atoms with Gasteiger partial charge < -0.3 is 4.90 Å². The van der Waals surface area contributed by atoms with Crippen molar-refractivity contribution >= 4 is 17.2 Å². The van der Waals surface area contributed by atoms with Crippen LogP contribution in [-0.4, -0.2) is 35.4 Å². The summed E-state index contributed by atoms with van der Waals surface area (Å²) in [5, 5.41) is 1.04. The van der Waals surface area contributed by atoms with E-state index in [4.69, 9.17) is 5.84 Å². The zero-order valence-corrected chi connectivity index (χ0v) is 14.0. The third kappa shape index (κ3) is 4.25. The number of likely N-dealkylation sites (tertiary alicyclic amines) is 1. The molecule has 118 valence electrons. The fourth-order valence-corrected chi connectivity index (χ4v) is 3.75. The number of piperidine rings is 1. The van der Waals surface area contributed by atoms with Gasteiger partial charge in [-0.3, -0.25) is 10.2 Å². The highest BCUT2D eigenvalue weighted by molar-refractivity contribution is 7.13. The Bertz CT molecular complexity index is 478. The number of nitrogens with zero attached hydrogens (tertiary/aromatic N) is 2. The zero-order valence-electron chi connectivity index (χ0n) is 13.2.